The lowest BCUT2D eigenvalue weighted by molar-refractivity contribution is 0.834. The predicted molar refractivity (Wildman–Crippen MR) is 21.6 cm³/mol. The van der Waals surface area contributed by atoms with Gasteiger partial charge in [-0.15, -0.1) is 0 Å². The highest BCUT2D eigenvalue weighted by atomic mass is 14.3. The van der Waals surface area contributed by atoms with Crippen molar-refractivity contribution in [3.05, 3.63) is 6.42 Å². The Morgan fingerprint density at radius 1 is 1.20 bits per heavy atom. The molecule has 1 rings (SSSR count). The summed E-state index contributed by atoms with van der Waals surface area (Å²) >= 11 is 0. The molecule has 1 fully saturated rings. The topological polar surface area (TPSA) is 0 Å². The van der Waals surface area contributed by atoms with Crippen LogP contribution in [0.2, 0.25) is 0 Å². The molecule has 2 atom stereocenters. The zero-order valence-corrected chi connectivity index (χ0v) is 3.65. The second kappa shape index (κ2) is 0.735. The smallest absolute Gasteiger partial charge is 0.0106 e. The van der Waals surface area contributed by atoms with Crippen LogP contribution in [0.4, 0.5) is 0 Å². The fourth-order valence-corrected chi connectivity index (χ4v) is 0.359. The summed E-state index contributed by atoms with van der Waals surface area (Å²) in [7, 11) is 0. The van der Waals surface area contributed by atoms with E-state index in [1.165, 1.54) is 0 Å². The SMILES string of the molecule is C[C@@H]1[C][C@H]1C. The van der Waals surface area contributed by atoms with Gasteiger partial charge in [0.15, 0.2) is 0 Å². The highest BCUT2D eigenvalue weighted by Gasteiger charge is 2.27. The molecule has 0 bridgehead atoms. The van der Waals surface area contributed by atoms with Crippen molar-refractivity contribution in [3.63, 3.8) is 0 Å². The first-order valence-electron chi connectivity index (χ1n) is 2.07. The molecule has 1 aliphatic rings. The molecule has 0 aromatic heterocycles. The number of hydrogen-bond donors (Lipinski definition) is 0. The van der Waals surface area contributed by atoms with Crippen molar-refractivity contribution < 1.29 is 0 Å². The van der Waals surface area contributed by atoms with Crippen molar-refractivity contribution in [1.29, 1.82) is 0 Å². The van der Waals surface area contributed by atoms with Crippen LogP contribution in [-0.2, 0) is 0 Å². The van der Waals surface area contributed by atoms with E-state index in [4.69, 9.17) is 0 Å². The average Bonchev–Trinajstić information content (AvgIpc) is 1.79. The van der Waals surface area contributed by atoms with E-state index in [1.807, 2.05) is 0 Å². The van der Waals surface area contributed by atoms with Crippen molar-refractivity contribution in [2.75, 3.05) is 0 Å². The van der Waals surface area contributed by atoms with E-state index in [1.54, 1.807) is 0 Å². The van der Waals surface area contributed by atoms with Crippen molar-refractivity contribution in [2.24, 2.45) is 11.8 Å². The molecule has 28 valence electrons. The summed E-state index contributed by atoms with van der Waals surface area (Å²) in [6.45, 7) is 4.37. The Balaban J connectivity index is 2.20. The van der Waals surface area contributed by atoms with Gasteiger partial charge in [-0.1, -0.05) is 13.8 Å². The summed E-state index contributed by atoms with van der Waals surface area (Å²) in [4.78, 5) is 0. The molecule has 0 unspecified atom stereocenters. The third-order valence-corrected chi connectivity index (χ3v) is 1.17. The number of hydrogen-bond acceptors (Lipinski definition) is 0. The lowest BCUT2D eigenvalue weighted by Crippen LogP contribution is -1.58. The van der Waals surface area contributed by atoms with Crippen molar-refractivity contribution >= 4 is 0 Å². The van der Waals surface area contributed by atoms with E-state index in [0.717, 1.165) is 11.8 Å². The van der Waals surface area contributed by atoms with Gasteiger partial charge in [-0.05, 0) is 18.3 Å². The molecule has 5 heavy (non-hydrogen) atoms. The maximum atomic E-state index is 3.19. The van der Waals surface area contributed by atoms with Crippen molar-refractivity contribution in [1.82, 2.24) is 0 Å². The molecule has 0 aromatic carbocycles. The summed E-state index contributed by atoms with van der Waals surface area (Å²) < 4.78 is 0. The molecule has 0 nitrogen and oxygen atoms in total. The van der Waals surface area contributed by atoms with Crippen molar-refractivity contribution in [3.8, 4) is 0 Å². The molecule has 1 saturated carbocycles. The summed E-state index contributed by atoms with van der Waals surface area (Å²) in [5, 5.41) is 0. The molecule has 2 radical (unpaired) electrons. The molecule has 0 heteroatoms. The maximum Gasteiger partial charge on any atom is -0.0106 e. The van der Waals surface area contributed by atoms with E-state index in [-0.39, 0.29) is 0 Å². The molecule has 0 aliphatic heterocycles. The summed E-state index contributed by atoms with van der Waals surface area (Å²) in [5.41, 5.74) is 0. The largest absolute Gasteiger partial charge is 0.0616 e. The molecule has 0 heterocycles. The second-order valence-electron chi connectivity index (χ2n) is 1.74. The Hall–Kier alpha value is 0. The Morgan fingerprint density at radius 3 is 1.40 bits per heavy atom. The molecule has 0 N–H and O–H groups in total. The van der Waals surface area contributed by atoms with Gasteiger partial charge in [-0.2, -0.15) is 0 Å². The highest BCUT2D eigenvalue weighted by Crippen LogP contribution is 2.34. The Morgan fingerprint density at radius 2 is 1.40 bits per heavy atom. The van der Waals surface area contributed by atoms with Gasteiger partial charge in [0, 0.05) is 0 Å². The van der Waals surface area contributed by atoms with Gasteiger partial charge >= 0.3 is 0 Å². The minimum atomic E-state index is 0.801. The fraction of sp³-hybridized carbons (Fsp3) is 0.800. The van der Waals surface area contributed by atoms with Crippen LogP contribution >= 0.6 is 0 Å². The molecule has 0 aromatic rings. The first kappa shape index (κ1) is 3.20. The van der Waals surface area contributed by atoms with Crippen LogP contribution in [0.25, 0.3) is 0 Å². The van der Waals surface area contributed by atoms with Crippen LogP contribution in [0.5, 0.6) is 0 Å². The van der Waals surface area contributed by atoms with E-state index >= 15 is 0 Å². The Bertz CT molecular complexity index is 33.3. The van der Waals surface area contributed by atoms with Crippen LogP contribution in [0.15, 0.2) is 0 Å². The third kappa shape index (κ3) is 0.444. The minimum absolute atomic E-state index is 0.801. The van der Waals surface area contributed by atoms with Crippen LogP contribution in [0.1, 0.15) is 13.8 Å². The zero-order valence-electron chi connectivity index (χ0n) is 3.65. The Labute approximate surface area is 33.2 Å². The standard InChI is InChI=1S/C5H8/c1-4-3-5(4)2/h4-5H,1-2H3/t4-,5-/m1/s1. The highest BCUT2D eigenvalue weighted by molar-refractivity contribution is 4.99. The molecule has 0 spiro atoms. The normalized spacial score (nSPS) is 49.2. The van der Waals surface area contributed by atoms with E-state index in [2.05, 4.69) is 20.3 Å². The molecule has 0 saturated heterocycles. The summed E-state index contributed by atoms with van der Waals surface area (Å²) in [5.74, 6) is 1.60. The van der Waals surface area contributed by atoms with Crippen LogP contribution in [0, 0.1) is 18.3 Å². The first-order chi connectivity index (χ1) is 2.30. The molecular weight excluding hydrogens is 60.1 g/mol. The van der Waals surface area contributed by atoms with E-state index in [9.17, 15) is 0 Å². The Kier molecular flexibility index (Phi) is 0.470. The van der Waals surface area contributed by atoms with Gasteiger partial charge in [0.2, 0.25) is 0 Å². The van der Waals surface area contributed by atoms with Gasteiger partial charge < -0.3 is 0 Å². The van der Waals surface area contributed by atoms with Gasteiger partial charge in [-0.3, -0.25) is 0 Å². The monoisotopic (exact) mass is 68.1 g/mol. The minimum Gasteiger partial charge on any atom is -0.0616 e. The number of rotatable bonds is 0. The third-order valence-electron chi connectivity index (χ3n) is 1.17. The quantitative estimate of drug-likeness (QED) is 0.402. The van der Waals surface area contributed by atoms with Crippen LogP contribution < -0.4 is 0 Å². The van der Waals surface area contributed by atoms with E-state index in [0.29, 0.717) is 0 Å². The maximum absolute atomic E-state index is 3.19. The zero-order chi connectivity index (χ0) is 3.86. The van der Waals surface area contributed by atoms with Crippen LogP contribution in [-0.4, -0.2) is 0 Å². The summed E-state index contributed by atoms with van der Waals surface area (Å²) in [6.07, 6.45) is 3.19. The van der Waals surface area contributed by atoms with Gasteiger partial charge in [0.25, 0.3) is 0 Å². The predicted octanol–water partition coefficient (Wildman–Crippen LogP) is 1.35. The van der Waals surface area contributed by atoms with E-state index < -0.39 is 0 Å². The molecule has 1 aliphatic carbocycles. The van der Waals surface area contributed by atoms with Crippen LogP contribution in [0.3, 0.4) is 0 Å². The molecule has 0 amide bonds. The van der Waals surface area contributed by atoms with Gasteiger partial charge in [-0.25, -0.2) is 0 Å². The molecular formula is C5H8. The van der Waals surface area contributed by atoms with Gasteiger partial charge in [0.1, 0.15) is 0 Å². The second-order valence-corrected chi connectivity index (χ2v) is 1.74. The lowest BCUT2D eigenvalue weighted by Gasteiger charge is -1.66. The lowest BCUT2D eigenvalue weighted by atomic mass is 10.4. The fourth-order valence-electron chi connectivity index (χ4n) is 0.359. The summed E-state index contributed by atoms with van der Waals surface area (Å²) in [6, 6.07) is 0. The average molecular weight is 68.1 g/mol. The van der Waals surface area contributed by atoms with Crippen molar-refractivity contribution in [2.45, 2.75) is 13.8 Å². The van der Waals surface area contributed by atoms with Gasteiger partial charge in [0.05, 0.1) is 0 Å². The first-order valence-corrected chi connectivity index (χ1v) is 2.07.